The van der Waals surface area contributed by atoms with Gasteiger partial charge in [0, 0.05) is 12.1 Å². The average molecular weight is 273 g/mol. The van der Waals surface area contributed by atoms with Crippen LogP contribution in [-0.2, 0) is 9.84 Å². The SMILES string of the molecule is C[C@@H](NC1CS(=O)(=O)CC1O)c1cccc(F)c1. The Bertz CT molecular complexity index is 532. The maximum atomic E-state index is 13.1. The van der Waals surface area contributed by atoms with E-state index in [9.17, 15) is 17.9 Å². The molecule has 1 aliphatic rings. The van der Waals surface area contributed by atoms with E-state index in [4.69, 9.17) is 0 Å². The zero-order chi connectivity index (χ0) is 13.3. The molecule has 0 amide bonds. The first kappa shape index (κ1) is 13.5. The number of nitrogens with one attached hydrogen (secondary N) is 1. The van der Waals surface area contributed by atoms with Crippen molar-refractivity contribution in [3.05, 3.63) is 35.6 Å². The Morgan fingerprint density at radius 2 is 2.17 bits per heavy atom. The van der Waals surface area contributed by atoms with E-state index in [2.05, 4.69) is 5.32 Å². The fraction of sp³-hybridized carbons (Fsp3) is 0.500. The van der Waals surface area contributed by atoms with Crippen LogP contribution >= 0.6 is 0 Å². The summed E-state index contributed by atoms with van der Waals surface area (Å²) in [6, 6.07) is 5.40. The number of rotatable bonds is 3. The van der Waals surface area contributed by atoms with Gasteiger partial charge in [-0.25, -0.2) is 12.8 Å². The number of halogens is 1. The normalized spacial score (nSPS) is 28.2. The average Bonchev–Trinajstić information content (AvgIpc) is 2.51. The highest BCUT2D eigenvalue weighted by Gasteiger charge is 2.36. The summed E-state index contributed by atoms with van der Waals surface area (Å²) in [5.74, 6) is -0.616. The zero-order valence-electron chi connectivity index (χ0n) is 10.0. The lowest BCUT2D eigenvalue weighted by molar-refractivity contribution is 0.160. The van der Waals surface area contributed by atoms with Crippen molar-refractivity contribution in [2.75, 3.05) is 11.5 Å². The van der Waals surface area contributed by atoms with Crippen LogP contribution in [0.4, 0.5) is 4.39 Å². The van der Waals surface area contributed by atoms with E-state index in [1.807, 2.05) is 6.92 Å². The van der Waals surface area contributed by atoms with Crippen LogP contribution in [0.15, 0.2) is 24.3 Å². The van der Waals surface area contributed by atoms with Crippen molar-refractivity contribution in [1.29, 1.82) is 0 Å². The first-order chi connectivity index (χ1) is 8.37. The standard InChI is InChI=1S/C12H16FNO3S/c1-8(9-3-2-4-10(13)5-9)14-11-6-18(16,17)7-12(11)15/h2-5,8,11-12,14-15H,6-7H2,1H3/t8-,11?,12?/m1/s1. The van der Waals surface area contributed by atoms with Crippen molar-refractivity contribution in [2.45, 2.75) is 25.1 Å². The maximum absolute atomic E-state index is 13.1. The van der Waals surface area contributed by atoms with Crippen LogP contribution in [0.3, 0.4) is 0 Å². The molecule has 100 valence electrons. The second-order valence-electron chi connectivity index (χ2n) is 4.69. The lowest BCUT2D eigenvalue weighted by Gasteiger charge is -2.21. The van der Waals surface area contributed by atoms with E-state index in [0.29, 0.717) is 0 Å². The summed E-state index contributed by atoms with van der Waals surface area (Å²) in [6.07, 6.45) is -0.897. The molecular weight excluding hydrogens is 257 g/mol. The third-order valence-corrected chi connectivity index (χ3v) is 4.85. The smallest absolute Gasteiger partial charge is 0.154 e. The van der Waals surface area contributed by atoms with E-state index < -0.39 is 22.0 Å². The molecule has 6 heteroatoms. The van der Waals surface area contributed by atoms with Crippen molar-refractivity contribution in [2.24, 2.45) is 0 Å². The highest BCUT2D eigenvalue weighted by Crippen LogP contribution is 2.19. The third kappa shape index (κ3) is 3.07. The zero-order valence-corrected chi connectivity index (χ0v) is 10.8. The predicted molar refractivity (Wildman–Crippen MR) is 66.4 cm³/mol. The Kier molecular flexibility index (Phi) is 3.70. The van der Waals surface area contributed by atoms with Crippen molar-refractivity contribution in [1.82, 2.24) is 5.32 Å². The van der Waals surface area contributed by atoms with Crippen LogP contribution in [0, 0.1) is 5.82 Å². The molecule has 2 N–H and O–H groups in total. The molecule has 1 aliphatic heterocycles. The summed E-state index contributed by atoms with van der Waals surface area (Å²) in [5.41, 5.74) is 0.728. The Morgan fingerprint density at radius 1 is 1.44 bits per heavy atom. The maximum Gasteiger partial charge on any atom is 0.154 e. The first-order valence-corrected chi connectivity index (χ1v) is 7.59. The van der Waals surface area contributed by atoms with Crippen molar-refractivity contribution in [3.63, 3.8) is 0 Å². The van der Waals surface area contributed by atoms with Crippen molar-refractivity contribution >= 4 is 9.84 Å². The Hall–Kier alpha value is -0.980. The van der Waals surface area contributed by atoms with E-state index >= 15 is 0 Å². The highest BCUT2D eigenvalue weighted by atomic mass is 32.2. The van der Waals surface area contributed by atoms with Crippen LogP contribution in [0.25, 0.3) is 0 Å². The molecule has 18 heavy (non-hydrogen) atoms. The van der Waals surface area contributed by atoms with Crippen LogP contribution < -0.4 is 5.32 Å². The molecule has 0 bridgehead atoms. The van der Waals surface area contributed by atoms with Crippen LogP contribution in [0.1, 0.15) is 18.5 Å². The van der Waals surface area contributed by atoms with E-state index in [0.717, 1.165) is 5.56 Å². The summed E-state index contributed by atoms with van der Waals surface area (Å²) < 4.78 is 35.8. The van der Waals surface area contributed by atoms with Gasteiger partial charge in [-0.05, 0) is 24.6 Å². The fourth-order valence-corrected chi connectivity index (χ4v) is 3.94. The molecule has 2 rings (SSSR count). The number of aliphatic hydroxyl groups excluding tert-OH is 1. The lowest BCUT2D eigenvalue weighted by Crippen LogP contribution is -2.40. The van der Waals surface area contributed by atoms with Gasteiger partial charge in [0.25, 0.3) is 0 Å². The minimum Gasteiger partial charge on any atom is -0.390 e. The lowest BCUT2D eigenvalue weighted by atomic mass is 10.1. The van der Waals surface area contributed by atoms with Gasteiger partial charge in [0.15, 0.2) is 9.84 Å². The number of benzene rings is 1. The van der Waals surface area contributed by atoms with Gasteiger partial charge >= 0.3 is 0 Å². The number of aliphatic hydroxyl groups is 1. The number of hydrogen-bond acceptors (Lipinski definition) is 4. The Morgan fingerprint density at radius 3 is 2.72 bits per heavy atom. The van der Waals surface area contributed by atoms with Gasteiger partial charge in [-0.15, -0.1) is 0 Å². The summed E-state index contributed by atoms with van der Waals surface area (Å²) in [7, 11) is -3.17. The molecule has 0 saturated carbocycles. The number of sulfone groups is 1. The third-order valence-electron chi connectivity index (χ3n) is 3.14. The van der Waals surface area contributed by atoms with E-state index in [1.165, 1.54) is 12.1 Å². The monoisotopic (exact) mass is 273 g/mol. The van der Waals surface area contributed by atoms with E-state index in [-0.39, 0.29) is 23.4 Å². The van der Waals surface area contributed by atoms with Crippen LogP contribution in [-0.4, -0.2) is 37.2 Å². The Labute approximate surface area is 106 Å². The minimum atomic E-state index is -3.17. The van der Waals surface area contributed by atoms with Crippen molar-refractivity contribution in [3.8, 4) is 0 Å². The summed E-state index contributed by atoms with van der Waals surface area (Å²) >= 11 is 0. The molecule has 2 unspecified atom stereocenters. The molecule has 0 aliphatic carbocycles. The van der Waals surface area contributed by atoms with Crippen molar-refractivity contribution < 1.29 is 17.9 Å². The molecule has 0 radical (unpaired) electrons. The first-order valence-electron chi connectivity index (χ1n) is 5.77. The number of hydrogen-bond donors (Lipinski definition) is 2. The molecule has 0 spiro atoms. The quantitative estimate of drug-likeness (QED) is 0.848. The summed E-state index contributed by atoms with van der Waals surface area (Å²) in [4.78, 5) is 0. The van der Waals surface area contributed by atoms with Gasteiger partial charge in [0.05, 0.1) is 17.6 Å². The molecular formula is C12H16FNO3S. The molecule has 1 fully saturated rings. The Balaban J connectivity index is 2.06. The van der Waals surface area contributed by atoms with Gasteiger partial charge in [0.2, 0.25) is 0 Å². The molecule has 0 aromatic heterocycles. The molecule has 1 heterocycles. The van der Waals surface area contributed by atoms with E-state index in [1.54, 1.807) is 12.1 Å². The predicted octanol–water partition coefficient (Wildman–Crippen LogP) is 0.634. The molecule has 1 saturated heterocycles. The molecule has 1 aromatic carbocycles. The van der Waals surface area contributed by atoms with Crippen LogP contribution in [0.2, 0.25) is 0 Å². The minimum absolute atomic E-state index is 0.0756. The van der Waals surface area contributed by atoms with Gasteiger partial charge in [-0.3, -0.25) is 0 Å². The van der Waals surface area contributed by atoms with Gasteiger partial charge in [-0.2, -0.15) is 0 Å². The topological polar surface area (TPSA) is 66.4 Å². The highest BCUT2D eigenvalue weighted by molar-refractivity contribution is 7.91. The molecule has 4 nitrogen and oxygen atoms in total. The van der Waals surface area contributed by atoms with Gasteiger partial charge < -0.3 is 10.4 Å². The largest absolute Gasteiger partial charge is 0.390 e. The summed E-state index contributed by atoms with van der Waals surface area (Å²) in [5, 5.41) is 12.7. The summed E-state index contributed by atoms with van der Waals surface area (Å²) in [6.45, 7) is 1.81. The molecule has 3 atom stereocenters. The van der Waals surface area contributed by atoms with Gasteiger partial charge in [-0.1, -0.05) is 12.1 Å². The fourth-order valence-electron chi connectivity index (χ4n) is 2.18. The van der Waals surface area contributed by atoms with Crippen LogP contribution in [0.5, 0.6) is 0 Å². The second-order valence-corrected chi connectivity index (χ2v) is 6.85. The second kappa shape index (κ2) is 4.95. The van der Waals surface area contributed by atoms with Gasteiger partial charge in [0.1, 0.15) is 5.82 Å². The molecule has 1 aromatic rings.